The molecule has 0 atom stereocenters. The van der Waals surface area contributed by atoms with Crippen molar-refractivity contribution in [3.05, 3.63) is 46.6 Å². The number of hydrogen-bond acceptors (Lipinski definition) is 6. The molecule has 0 fully saturated rings. The van der Waals surface area contributed by atoms with E-state index in [1.165, 1.54) is 12.4 Å². The van der Waals surface area contributed by atoms with Gasteiger partial charge in [-0.05, 0) is 31.5 Å². The fraction of sp³-hybridized carbons (Fsp3) is 0.188. The minimum absolute atomic E-state index is 0.0924. The number of nitrogens with zero attached hydrogens (tertiary/aromatic N) is 2. The van der Waals surface area contributed by atoms with Gasteiger partial charge in [0.15, 0.2) is 11.6 Å². The molecule has 5 nitrogen and oxygen atoms in total. The molecule has 0 aliphatic rings. The number of hydrogen-bond donors (Lipinski definition) is 0. The van der Waals surface area contributed by atoms with Crippen LogP contribution in [0.15, 0.2) is 24.5 Å². The summed E-state index contributed by atoms with van der Waals surface area (Å²) in [5, 5.41) is 0.495. The van der Waals surface area contributed by atoms with Gasteiger partial charge in [0.1, 0.15) is 21.9 Å². The Morgan fingerprint density at radius 3 is 2.79 bits per heavy atom. The van der Waals surface area contributed by atoms with Gasteiger partial charge in [0.2, 0.25) is 5.88 Å². The molecule has 1 aromatic carbocycles. The number of thiophene rings is 1. The highest BCUT2D eigenvalue weighted by Gasteiger charge is 2.21. The van der Waals surface area contributed by atoms with Crippen LogP contribution in [0.5, 0.6) is 11.6 Å². The van der Waals surface area contributed by atoms with Gasteiger partial charge in [-0.25, -0.2) is 23.5 Å². The van der Waals surface area contributed by atoms with E-state index >= 15 is 0 Å². The third kappa shape index (κ3) is 2.92. The van der Waals surface area contributed by atoms with E-state index in [0.717, 1.165) is 23.5 Å². The van der Waals surface area contributed by atoms with Crippen molar-refractivity contribution in [1.29, 1.82) is 0 Å². The quantitative estimate of drug-likeness (QED) is 0.659. The lowest BCUT2D eigenvalue weighted by Crippen LogP contribution is -2.03. The highest BCUT2D eigenvalue weighted by Crippen LogP contribution is 2.37. The maximum Gasteiger partial charge on any atom is 0.348 e. The monoisotopic (exact) mass is 350 g/mol. The van der Waals surface area contributed by atoms with Crippen LogP contribution in [0.1, 0.15) is 22.2 Å². The molecule has 2 heterocycles. The molecule has 8 heteroatoms. The van der Waals surface area contributed by atoms with Crippen molar-refractivity contribution < 1.29 is 23.0 Å². The second-order valence-corrected chi connectivity index (χ2v) is 5.81. The first-order valence-electron chi connectivity index (χ1n) is 7.05. The van der Waals surface area contributed by atoms with Crippen molar-refractivity contribution >= 4 is 27.5 Å². The zero-order chi connectivity index (χ0) is 17.3. The summed E-state index contributed by atoms with van der Waals surface area (Å²) in [7, 11) is 0. The van der Waals surface area contributed by atoms with Crippen molar-refractivity contribution in [2.45, 2.75) is 13.8 Å². The Hall–Kier alpha value is -2.61. The number of aromatic nitrogens is 2. The summed E-state index contributed by atoms with van der Waals surface area (Å²) in [5.41, 5.74) is 0.589. The highest BCUT2D eigenvalue weighted by atomic mass is 32.1. The van der Waals surface area contributed by atoms with Gasteiger partial charge in [0.25, 0.3) is 0 Å². The van der Waals surface area contributed by atoms with Crippen molar-refractivity contribution in [3.63, 3.8) is 0 Å². The minimum Gasteiger partial charge on any atom is -0.462 e. The number of carbonyl (C=O) groups excluding carboxylic acids is 1. The number of halogens is 2. The van der Waals surface area contributed by atoms with Crippen LogP contribution in [-0.4, -0.2) is 22.5 Å². The predicted octanol–water partition coefficient (Wildman–Crippen LogP) is 4.25. The molecule has 0 amide bonds. The van der Waals surface area contributed by atoms with Gasteiger partial charge in [-0.3, -0.25) is 0 Å². The van der Waals surface area contributed by atoms with E-state index in [1.54, 1.807) is 13.8 Å². The summed E-state index contributed by atoms with van der Waals surface area (Å²) in [5.74, 6) is -2.09. The van der Waals surface area contributed by atoms with Crippen LogP contribution in [0.3, 0.4) is 0 Å². The van der Waals surface area contributed by atoms with Crippen LogP contribution in [0.4, 0.5) is 8.78 Å². The number of ether oxygens (including phenoxy) is 2. The van der Waals surface area contributed by atoms with Crippen LogP contribution in [0, 0.1) is 18.6 Å². The Morgan fingerprint density at radius 2 is 2.08 bits per heavy atom. The van der Waals surface area contributed by atoms with Gasteiger partial charge in [0.05, 0.1) is 12.0 Å². The van der Waals surface area contributed by atoms with E-state index in [0.29, 0.717) is 20.7 Å². The number of aryl methyl sites for hydroxylation is 1. The van der Waals surface area contributed by atoms with E-state index in [1.807, 2.05) is 0 Å². The number of benzene rings is 1. The van der Waals surface area contributed by atoms with Crippen LogP contribution in [0.2, 0.25) is 0 Å². The molecule has 3 rings (SSSR count). The molecule has 0 spiro atoms. The van der Waals surface area contributed by atoms with Gasteiger partial charge in [-0.1, -0.05) is 0 Å². The first-order chi connectivity index (χ1) is 11.5. The molecule has 0 radical (unpaired) electrons. The van der Waals surface area contributed by atoms with Crippen molar-refractivity contribution in [3.8, 4) is 11.6 Å². The third-order valence-electron chi connectivity index (χ3n) is 3.25. The Balaban J connectivity index is 2.07. The molecule has 24 heavy (non-hydrogen) atoms. The second-order valence-electron chi connectivity index (χ2n) is 4.81. The molecule has 0 saturated heterocycles. The summed E-state index contributed by atoms with van der Waals surface area (Å²) in [6.07, 6.45) is 1.25. The number of esters is 1. The van der Waals surface area contributed by atoms with Gasteiger partial charge in [-0.2, -0.15) is 0 Å². The highest BCUT2D eigenvalue weighted by molar-refractivity contribution is 7.20. The molecule has 124 valence electrons. The van der Waals surface area contributed by atoms with E-state index in [9.17, 15) is 13.6 Å². The van der Waals surface area contributed by atoms with Crippen LogP contribution >= 0.6 is 11.3 Å². The minimum atomic E-state index is -0.847. The number of fused-ring (bicyclic) bond motifs is 1. The van der Waals surface area contributed by atoms with Crippen molar-refractivity contribution in [1.82, 2.24) is 9.97 Å². The van der Waals surface area contributed by atoms with E-state index < -0.39 is 17.6 Å². The van der Waals surface area contributed by atoms with Crippen LogP contribution in [0.25, 0.3) is 10.2 Å². The zero-order valence-electron chi connectivity index (χ0n) is 12.8. The van der Waals surface area contributed by atoms with Crippen molar-refractivity contribution in [2.75, 3.05) is 6.61 Å². The van der Waals surface area contributed by atoms with Crippen LogP contribution in [-0.2, 0) is 4.74 Å². The lowest BCUT2D eigenvalue weighted by atomic mass is 10.2. The van der Waals surface area contributed by atoms with Gasteiger partial charge >= 0.3 is 5.97 Å². The largest absolute Gasteiger partial charge is 0.462 e. The molecule has 0 unspecified atom stereocenters. The Bertz CT molecular complexity index is 927. The first kappa shape index (κ1) is 16.3. The molecule has 3 aromatic rings. The molecule has 0 aliphatic carbocycles. The summed E-state index contributed by atoms with van der Waals surface area (Å²) >= 11 is 1.14. The normalized spacial score (nSPS) is 10.8. The molecular weight excluding hydrogens is 338 g/mol. The maximum atomic E-state index is 13.8. The van der Waals surface area contributed by atoms with Crippen molar-refractivity contribution in [2.24, 2.45) is 0 Å². The van der Waals surface area contributed by atoms with E-state index in [4.69, 9.17) is 9.47 Å². The molecule has 2 aromatic heterocycles. The molecule has 0 saturated carbocycles. The number of carbonyl (C=O) groups is 1. The maximum absolute atomic E-state index is 13.8. The Kier molecular flexibility index (Phi) is 4.39. The van der Waals surface area contributed by atoms with E-state index in [-0.39, 0.29) is 18.2 Å². The average molecular weight is 350 g/mol. The summed E-state index contributed by atoms with van der Waals surface area (Å²) in [6, 6.07) is 2.98. The fourth-order valence-corrected chi connectivity index (χ4v) is 3.20. The second kappa shape index (κ2) is 6.48. The third-order valence-corrected chi connectivity index (χ3v) is 4.43. The summed E-state index contributed by atoms with van der Waals surface area (Å²) in [4.78, 5) is 21.0. The standard InChI is InChI=1S/C16H12F2N2O3S/c1-3-22-16(21)13-8(2)12-14(19-7-20-15(12)24-13)23-11-5-4-9(17)6-10(11)18/h4-7H,3H2,1-2H3. The average Bonchev–Trinajstić information content (AvgIpc) is 2.88. The molecule has 0 aliphatic heterocycles. The lowest BCUT2D eigenvalue weighted by Gasteiger charge is -2.07. The lowest BCUT2D eigenvalue weighted by molar-refractivity contribution is 0.0531. The molecule has 0 N–H and O–H groups in total. The summed E-state index contributed by atoms with van der Waals surface area (Å²) in [6.45, 7) is 3.68. The first-order valence-corrected chi connectivity index (χ1v) is 7.87. The Labute approximate surface area is 139 Å². The SMILES string of the molecule is CCOC(=O)c1sc2ncnc(Oc3ccc(F)cc3F)c2c1C. The topological polar surface area (TPSA) is 61.3 Å². The van der Waals surface area contributed by atoms with Crippen LogP contribution < -0.4 is 4.74 Å². The molecular formula is C16H12F2N2O3S. The summed E-state index contributed by atoms with van der Waals surface area (Å²) < 4.78 is 37.3. The fourth-order valence-electron chi connectivity index (χ4n) is 2.17. The zero-order valence-corrected chi connectivity index (χ0v) is 13.6. The number of rotatable bonds is 4. The van der Waals surface area contributed by atoms with Gasteiger partial charge < -0.3 is 9.47 Å². The van der Waals surface area contributed by atoms with Gasteiger partial charge in [0, 0.05) is 6.07 Å². The van der Waals surface area contributed by atoms with E-state index in [2.05, 4.69) is 9.97 Å². The Morgan fingerprint density at radius 1 is 1.29 bits per heavy atom. The van der Waals surface area contributed by atoms with Gasteiger partial charge in [-0.15, -0.1) is 11.3 Å². The molecule has 0 bridgehead atoms. The predicted molar refractivity (Wildman–Crippen MR) is 84.5 cm³/mol. The smallest absolute Gasteiger partial charge is 0.348 e.